The number of aromatic nitrogens is 4. The number of piperidine rings is 1. The zero-order valence-electron chi connectivity index (χ0n) is 21.1. The van der Waals surface area contributed by atoms with Gasteiger partial charge in [-0.3, -0.25) is 4.79 Å². The van der Waals surface area contributed by atoms with Crippen LogP contribution in [0, 0.1) is 6.92 Å². The third-order valence-electron chi connectivity index (χ3n) is 6.51. The lowest BCUT2D eigenvalue weighted by atomic mass is 10.1. The molecule has 3 aromatic rings. The lowest BCUT2D eigenvalue weighted by Crippen LogP contribution is -2.43. The molecule has 0 aromatic carbocycles. The number of fused-ring (bicyclic) bond motifs is 1. The average molecular weight is 564 g/mol. The molecule has 5 rings (SSSR count). The molecule has 0 spiro atoms. The van der Waals surface area contributed by atoms with Crippen LogP contribution in [0.15, 0.2) is 35.2 Å². The number of ether oxygens (including phenoxy) is 2. The third-order valence-corrected chi connectivity index (χ3v) is 9.89. The molecule has 204 valence electrons. The maximum absolute atomic E-state index is 13.0. The molecule has 15 heteroatoms. The van der Waals surface area contributed by atoms with Crippen LogP contribution in [0.3, 0.4) is 0 Å². The van der Waals surface area contributed by atoms with Gasteiger partial charge in [-0.05, 0) is 37.5 Å². The SMILES string of the molecule is Cc1c(C(=O)N=S2(=O)CCOCC2)cn2ncnc(Nc3cccnc3O[C@@H]3CCCN(S(C)(=O)=O)C3)c12. The van der Waals surface area contributed by atoms with Gasteiger partial charge in [0.05, 0.1) is 52.8 Å². The van der Waals surface area contributed by atoms with Crippen LogP contribution in [0.2, 0.25) is 0 Å². The highest BCUT2D eigenvalue weighted by atomic mass is 32.2. The second-order valence-corrected chi connectivity index (χ2v) is 13.8. The van der Waals surface area contributed by atoms with Crippen LogP contribution < -0.4 is 10.1 Å². The van der Waals surface area contributed by atoms with E-state index in [0.29, 0.717) is 61.1 Å². The van der Waals surface area contributed by atoms with Gasteiger partial charge in [-0.15, -0.1) is 0 Å². The fourth-order valence-corrected chi connectivity index (χ4v) is 6.95. The highest BCUT2D eigenvalue weighted by molar-refractivity contribution is 7.94. The van der Waals surface area contributed by atoms with Gasteiger partial charge in [-0.1, -0.05) is 0 Å². The van der Waals surface area contributed by atoms with E-state index in [1.165, 1.54) is 21.4 Å². The van der Waals surface area contributed by atoms with Crippen LogP contribution in [0.1, 0.15) is 28.8 Å². The van der Waals surface area contributed by atoms with E-state index in [-0.39, 0.29) is 29.7 Å². The predicted molar refractivity (Wildman–Crippen MR) is 141 cm³/mol. The molecule has 2 aliphatic heterocycles. The molecule has 0 unspecified atom stereocenters. The molecule has 0 aliphatic carbocycles. The molecule has 5 heterocycles. The smallest absolute Gasteiger partial charge is 0.287 e. The van der Waals surface area contributed by atoms with Gasteiger partial charge in [0, 0.05) is 18.9 Å². The lowest BCUT2D eigenvalue weighted by Gasteiger charge is -2.31. The minimum atomic E-state index is -3.32. The van der Waals surface area contributed by atoms with Crippen LogP contribution in [-0.4, -0.2) is 92.6 Å². The summed E-state index contributed by atoms with van der Waals surface area (Å²) in [6, 6.07) is 3.51. The van der Waals surface area contributed by atoms with Crippen molar-refractivity contribution in [3.63, 3.8) is 0 Å². The Morgan fingerprint density at radius 2 is 2.08 bits per heavy atom. The van der Waals surface area contributed by atoms with Gasteiger partial charge < -0.3 is 14.8 Å². The molecule has 38 heavy (non-hydrogen) atoms. The first kappa shape index (κ1) is 26.5. The lowest BCUT2D eigenvalue weighted by molar-refractivity contribution is 0.100. The summed E-state index contributed by atoms with van der Waals surface area (Å²) in [7, 11) is -5.98. The molecular formula is C23H29N7O6S2. The Morgan fingerprint density at radius 1 is 1.29 bits per heavy atom. The summed E-state index contributed by atoms with van der Waals surface area (Å²) < 4.78 is 55.3. The van der Waals surface area contributed by atoms with E-state index in [0.717, 1.165) is 0 Å². The van der Waals surface area contributed by atoms with E-state index in [1.807, 2.05) is 0 Å². The standard InChI is InChI=1S/C23H29N7O6S2/c1-16-18(22(31)28-38(34)11-9-35-10-12-38)14-30-20(16)21(25-15-26-30)27-19-6-3-7-24-23(19)36-17-5-4-8-29(13-17)37(2,32)33/h3,6-7,14-15,17H,4-5,8-13H2,1-2H3,(H,25,26,27)/t17-/m1/s1. The van der Waals surface area contributed by atoms with Crippen LogP contribution >= 0.6 is 0 Å². The Hall–Kier alpha value is -3.14. The van der Waals surface area contributed by atoms with Crippen molar-refractivity contribution in [2.45, 2.75) is 25.9 Å². The van der Waals surface area contributed by atoms with Crippen molar-refractivity contribution < 1.29 is 26.9 Å². The summed E-state index contributed by atoms with van der Waals surface area (Å²) in [4.78, 5) is 21.7. The van der Waals surface area contributed by atoms with Gasteiger partial charge in [0.25, 0.3) is 5.91 Å². The number of amides is 1. The Balaban J connectivity index is 1.42. The predicted octanol–water partition coefficient (Wildman–Crippen LogP) is 1.62. The molecule has 0 saturated carbocycles. The molecule has 0 bridgehead atoms. The number of carbonyl (C=O) groups is 1. The first-order valence-electron chi connectivity index (χ1n) is 12.1. The second kappa shape index (κ2) is 10.6. The third kappa shape index (κ3) is 5.65. The van der Waals surface area contributed by atoms with Crippen molar-refractivity contribution in [1.82, 2.24) is 23.9 Å². The minimum absolute atomic E-state index is 0.227. The Kier molecular flexibility index (Phi) is 7.35. The van der Waals surface area contributed by atoms with Gasteiger partial charge in [0.2, 0.25) is 15.9 Å². The molecule has 1 amide bonds. The molecule has 0 radical (unpaired) electrons. The normalized spacial score (nSPS) is 20.2. The van der Waals surface area contributed by atoms with Gasteiger partial charge in [0.1, 0.15) is 23.6 Å². The first-order chi connectivity index (χ1) is 18.1. The number of hydrogen-bond acceptors (Lipinski definition) is 10. The number of hydrogen-bond donors (Lipinski definition) is 1. The molecule has 3 aromatic heterocycles. The van der Waals surface area contributed by atoms with E-state index in [2.05, 4.69) is 24.7 Å². The highest BCUT2D eigenvalue weighted by Crippen LogP contribution is 2.31. The van der Waals surface area contributed by atoms with Crippen molar-refractivity contribution >= 4 is 42.7 Å². The fourth-order valence-electron chi connectivity index (χ4n) is 4.51. The Labute approximate surface area is 220 Å². The summed E-state index contributed by atoms with van der Waals surface area (Å²) in [5.41, 5.74) is 1.93. The van der Waals surface area contributed by atoms with Crippen molar-refractivity contribution in [2.24, 2.45) is 4.36 Å². The van der Waals surface area contributed by atoms with E-state index < -0.39 is 25.7 Å². The highest BCUT2D eigenvalue weighted by Gasteiger charge is 2.28. The number of sulfonamides is 1. The van der Waals surface area contributed by atoms with E-state index in [9.17, 15) is 17.4 Å². The summed E-state index contributed by atoms with van der Waals surface area (Å²) in [5.74, 6) is 0.598. The average Bonchev–Trinajstić information content (AvgIpc) is 3.22. The molecule has 1 atom stereocenters. The number of anilines is 2. The fraction of sp³-hybridized carbons (Fsp3) is 0.478. The number of nitrogens with zero attached hydrogens (tertiary/aromatic N) is 6. The maximum Gasteiger partial charge on any atom is 0.287 e. The topological polar surface area (TPSA) is 157 Å². The van der Waals surface area contributed by atoms with Gasteiger partial charge in [-0.2, -0.15) is 13.8 Å². The number of aryl methyl sites for hydroxylation is 1. The Bertz CT molecular complexity index is 1580. The van der Waals surface area contributed by atoms with E-state index >= 15 is 0 Å². The summed E-state index contributed by atoms with van der Waals surface area (Å²) in [6.45, 7) is 3.10. The number of pyridine rings is 1. The van der Waals surface area contributed by atoms with E-state index in [1.54, 1.807) is 31.5 Å². The van der Waals surface area contributed by atoms with Gasteiger partial charge in [-0.25, -0.2) is 27.1 Å². The van der Waals surface area contributed by atoms with Crippen molar-refractivity contribution in [1.29, 1.82) is 0 Å². The van der Waals surface area contributed by atoms with Gasteiger partial charge >= 0.3 is 0 Å². The monoisotopic (exact) mass is 563 g/mol. The maximum atomic E-state index is 13.0. The molecule has 13 nitrogen and oxygen atoms in total. The zero-order chi connectivity index (χ0) is 26.9. The number of carbonyl (C=O) groups excluding carboxylic acids is 1. The van der Waals surface area contributed by atoms with Crippen LogP contribution in [-0.2, 0) is 24.5 Å². The number of rotatable bonds is 6. The van der Waals surface area contributed by atoms with Gasteiger partial charge in [0.15, 0.2) is 5.82 Å². The Morgan fingerprint density at radius 3 is 2.84 bits per heavy atom. The largest absolute Gasteiger partial charge is 0.471 e. The molecule has 2 saturated heterocycles. The molecule has 1 N–H and O–H groups in total. The van der Waals surface area contributed by atoms with Crippen molar-refractivity contribution in [3.8, 4) is 5.88 Å². The van der Waals surface area contributed by atoms with Crippen LogP contribution in [0.25, 0.3) is 5.52 Å². The quantitative estimate of drug-likeness (QED) is 0.467. The van der Waals surface area contributed by atoms with Crippen molar-refractivity contribution in [2.75, 3.05) is 49.4 Å². The molecule has 2 fully saturated rings. The summed E-state index contributed by atoms with van der Waals surface area (Å²) >= 11 is 0. The number of nitrogens with one attached hydrogen (secondary N) is 1. The molecule has 2 aliphatic rings. The van der Waals surface area contributed by atoms with Crippen LogP contribution in [0.4, 0.5) is 11.5 Å². The zero-order valence-corrected chi connectivity index (χ0v) is 22.7. The van der Waals surface area contributed by atoms with Crippen LogP contribution in [0.5, 0.6) is 5.88 Å². The van der Waals surface area contributed by atoms with E-state index in [4.69, 9.17) is 9.47 Å². The summed E-state index contributed by atoms with van der Waals surface area (Å²) in [5, 5.41) is 7.45. The molecular weight excluding hydrogens is 534 g/mol. The summed E-state index contributed by atoms with van der Waals surface area (Å²) in [6.07, 6.45) is 6.71. The van der Waals surface area contributed by atoms with Crippen molar-refractivity contribution in [3.05, 3.63) is 42.0 Å². The minimum Gasteiger partial charge on any atom is -0.471 e. The first-order valence-corrected chi connectivity index (χ1v) is 15.8. The second-order valence-electron chi connectivity index (χ2n) is 9.24.